The Balaban J connectivity index is 2.23. The van der Waals surface area contributed by atoms with Crippen molar-refractivity contribution in [3.63, 3.8) is 0 Å². The fraction of sp³-hybridized carbons (Fsp3) is 0.250. The first kappa shape index (κ1) is 13.5. The Hall–Kier alpha value is -1.89. The van der Waals surface area contributed by atoms with Crippen molar-refractivity contribution in [1.82, 2.24) is 9.97 Å². The largest absolute Gasteiger partial charge is 0.306 e. The lowest BCUT2D eigenvalue weighted by atomic mass is 10.2. The molecule has 100 valence electrons. The van der Waals surface area contributed by atoms with E-state index in [1.54, 1.807) is 19.9 Å². The number of halogens is 2. The van der Waals surface area contributed by atoms with Gasteiger partial charge in [0.2, 0.25) is 0 Å². The number of hydrogen-bond donors (Lipinski definition) is 1. The van der Waals surface area contributed by atoms with Crippen molar-refractivity contribution < 1.29 is 13.6 Å². The number of carbonyl (C=O) groups is 1. The first-order valence-corrected chi connectivity index (χ1v) is 6.39. The topological polar surface area (TPSA) is 54.9 Å². The number of anilines is 1. The van der Waals surface area contributed by atoms with E-state index < -0.39 is 12.3 Å². The van der Waals surface area contributed by atoms with Gasteiger partial charge < -0.3 is 5.32 Å². The smallest absolute Gasteiger partial charge is 0.265 e. The van der Waals surface area contributed by atoms with Gasteiger partial charge in [-0.15, -0.1) is 0 Å². The molecule has 1 N–H and O–H groups in total. The molecule has 4 nitrogen and oxygen atoms in total. The standard InChI is InChI=1S/C12H11F2N3OS/c1-6-3-10(16-7(2)15-6)17-12(18)9-5-19-4-8(9)11(13)14/h3-5,11H,1-2H3,(H,15,16,17,18). The van der Waals surface area contributed by atoms with Crippen LogP contribution in [0.25, 0.3) is 0 Å². The van der Waals surface area contributed by atoms with Crippen LogP contribution in [0.4, 0.5) is 14.6 Å². The molecule has 0 saturated carbocycles. The molecule has 19 heavy (non-hydrogen) atoms. The number of aryl methyl sites for hydroxylation is 2. The lowest BCUT2D eigenvalue weighted by Crippen LogP contribution is -2.14. The maximum Gasteiger partial charge on any atom is 0.265 e. The van der Waals surface area contributed by atoms with E-state index in [2.05, 4.69) is 15.3 Å². The third kappa shape index (κ3) is 3.11. The Bertz CT molecular complexity index is 593. The summed E-state index contributed by atoms with van der Waals surface area (Å²) in [5.74, 6) is 0.227. The lowest BCUT2D eigenvalue weighted by Gasteiger charge is -2.06. The predicted molar refractivity (Wildman–Crippen MR) is 68.7 cm³/mol. The third-order valence-electron chi connectivity index (χ3n) is 2.38. The summed E-state index contributed by atoms with van der Waals surface area (Å²) in [6.07, 6.45) is -2.67. The predicted octanol–water partition coefficient (Wildman–Crippen LogP) is 3.34. The van der Waals surface area contributed by atoms with Crippen LogP contribution in [0.1, 0.15) is 33.9 Å². The van der Waals surface area contributed by atoms with Crippen LogP contribution in [0.2, 0.25) is 0 Å². The number of nitrogens with zero attached hydrogens (tertiary/aromatic N) is 2. The van der Waals surface area contributed by atoms with Crippen LogP contribution in [0.3, 0.4) is 0 Å². The molecule has 7 heteroatoms. The van der Waals surface area contributed by atoms with Crippen LogP contribution >= 0.6 is 11.3 Å². The maximum atomic E-state index is 12.7. The molecular weight excluding hydrogens is 272 g/mol. The van der Waals surface area contributed by atoms with E-state index in [0.717, 1.165) is 11.3 Å². The Kier molecular flexibility index (Phi) is 3.84. The average Bonchev–Trinajstić information content (AvgIpc) is 2.75. The van der Waals surface area contributed by atoms with Crippen LogP contribution < -0.4 is 5.32 Å². The molecule has 0 fully saturated rings. The summed E-state index contributed by atoms with van der Waals surface area (Å²) < 4.78 is 25.4. The minimum Gasteiger partial charge on any atom is -0.306 e. The highest BCUT2D eigenvalue weighted by Gasteiger charge is 2.19. The van der Waals surface area contributed by atoms with Gasteiger partial charge in [-0.05, 0) is 13.8 Å². The second-order valence-corrected chi connectivity index (χ2v) is 4.68. The van der Waals surface area contributed by atoms with Crippen LogP contribution in [-0.2, 0) is 0 Å². The number of rotatable bonds is 3. The molecular formula is C12H11F2N3OS. The highest BCUT2D eigenvalue weighted by atomic mass is 32.1. The Morgan fingerprint density at radius 2 is 2.05 bits per heavy atom. The number of nitrogens with one attached hydrogen (secondary N) is 1. The number of thiophene rings is 1. The van der Waals surface area contributed by atoms with Crippen LogP contribution in [-0.4, -0.2) is 15.9 Å². The summed E-state index contributed by atoms with van der Waals surface area (Å²) in [5, 5.41) is 5.18. The normalized spacial score (nSPS) is 10.8. The van der Waals surface area contributed by atoms with Gasteiger partial charge in [-0.1, -0.05) is 0 Å². The fourth-order valence-electron chi connectivity index (χ4n) is 1.63. The van der Waals surface area contributed by atoms with Gasteiger partial charge in [0.1, 0.15) is 11.6 Å². The first-order valence-electron chi connectivity index (χ1n) is 5.45. The molecule has 0 radical (unpaired) electrons. The molecule has 2 rings (SSSR count). The first-order chi connectivity index (χ1) is 8.97. The van der Waals surface area contributed by atoms with Crippen molar-refractivity contribution in [2.24, 2.45) is 0 Å². The molecule has 0 aliphatic carbocycles. The van der Waals surface area contributed by atoms with Gasteiger partial charge in [0.05, 0.1) is 5.56 Å². The van der Waals surface area contributed by atoms with Gasteiger partial charge in [-0.25, -0.2) is 18.7 Å². The minimum atomic E-state index is -2.67. The summed E-state index contributed by atoms with van der Waals surface area (Å²) in [4.78, 5) is 20.0. The van der Waals surface area contributed by atoms with Crippen LogP contribution in [0.15, 0.2) is 16.8 Å². The van der Waals surface area contributed by atoms with Crippen LogP contribution in [0, 0.1) is 13.8 Å². The van der Waals surface area contributed by atoms with E-state index in [9.17, 15) is 13.6 Å². The van der Waals surface area contributed by atoms with Crippen molar-refractivity contribution in [3.05, 3.63) is 39.5 Å². The maximum absolute atomic E-state index is 12.7. The molecule has 1 amide bonds. The molecule has 0 bridgehead atoms. The summed E-state index contributed by atoms with van der Waals surface area (Å²) in [7, 11) is 0. The van der Waals surface area contributed by atoms with E-state index in [4.69, 9.17) is 0 Å². The quantitative estimate of drug-likeness (QED) is 0.939. The zero-order chi connectivity index (χ0) is 14.0. The van der Waals surface area contributed by atoms with E-state index in [1.165, 1.54) is 10.8 Å². The second-order valence-electron chi connectivity index (χ2n) is 3.94. The molecule has 0 aromatic carbocycles. The second kappa shape index (κ2) is 5.40. The van der Waals surface area contributed by atoms with Crippen molar-refractivity contribution in [2.75, 3.05) is 5.32 Å². The lowest BCUT2D eigenvalue weighted by molar-refractivity contribution is 0.101. The highest BCUT2D eigenvalue weighted by Crippen LogP contribution is 2.26. The number of hydrogen-bond acceptors (Lipinski definition) is 4. The number of carbonyl (C=O) groups excluding carboxylic acids is 1. The average molecular weight is 283 g/mol. The molecule has 0 unspecified atom stereocenters. The van der Waals surface area contributed by atoms with Gasteiger partial charge in [0.25, 0.3) is 12.3 Å². The minimum absolute atomic E-state index is 0.0195. The molecule has 0 spiro atoms. The fourth-order valence-corrected chi connectivity index (χ4v) is 2.45. The summed E-state index contributed by atoms with van der Waals surface area (Å²) in [5.41, 5.74) is 0.418. The monoisotopic (exact) mass is 283 g/mol. The zero-order valence-corrected chi connectivity index (χ0v) is 11.1. The van der Waals surface area contributed by atoms with E-state index in [1.807, 2.05) is 0 Å². The van der Waals surface area contributed by atoms with Gasteiger partial charge in [0.15, 0.2) is 0 Å². The number of amides is 1. The van der Waals surface area contributed by atoms with Crippen molar-refractivity contribution in [1.29, 1.82) is 0 Å². The summed E-state index contributed by atoms with van der Waals surface area (Å²) in [6.45, 7) is 3.46. The van der Waals surface area contributed by atoms with Crippen LogP contribution in [0.5, 0.6) is 0 Å². The molecule has 0 aliphatic rings. The van der Waals surface area contributed by atoms with Gasteiger partial charge in [-0.2, -0.15) is 11.3 Å². The SMILES string of the molecule is Cc1cc(NC(=O)c2cscc2C(F)F)nc(C)n1. The van der Waals surface area contributed by atoms with E-state index >= 15 is 0 Å². The summed E-state index contributed by atoms with van der Waals surface area (Å²) >= 11 is 1.07. The molecule has 0 aliphatic heterocycles. The Morgan fingerprint density at radius 1 is 1.32 bits per heavy atom. The molecule has 0 saturated heterocycles. The third-order valence-corrected chi connectivity index (χ3v) is 3.14. The molecule has 2 aromatic rings. The van der Waals surface area contributed by atoms with Gasteiger partial charge in [0, 0.05) is 28.1 Å². The van der Waals surface area contributed by atoms with E-state index in [-0.39, 0.29) is 11.1 Å². The number of alkyl halides is 2. The highest BCUT2D eigenvalue weighted by molar-refractivity contribution is 7.08. The van der Waals surface area contributed by atoms with Gasteiger partial charge in [-0.3, -0.25) is 4.79 Å². The van der Waals surface area contributed by atoms with Gasteiger partial charge >= 0.3 is 0 Å². The molecule has 0 atom stereocenters. The Morgan fingerprint density at radius 3 is 2.68 bits per heavy atom. The molecule has 2 aromatic heterocycles. The Labute approximate surface area is 112 Å². The van der Waals surface area contributed by atoms with Crippen molar-refractivity contribution >= 4 is 23.1 Å². The summed E-state index contributed by atoms with van der Waals surface area (Å²) in [6, 6.07) is 1.58. The molecule has 2 heterocycles. The number of aromatic nitrogens is 2. The van der Waals surface area contributed by atoms with E-state index in [0.29, 0.717) is 17.3 Å². The van der Waals surface area contributed by atoms with Crippen molar-refractivity contribution in [3.8, 4) is 0 Å². The zero-order valence-electron chi connectivity index (χ0n) is 10.3. The van der Waals surface area contributed by atoms with Crippen molar-refractivity contribution in [2.45, 2.75) is 20.3 Å².